The van der Waals surface area contributed by atoms with Crippen LogP contribution in [-0.4, -0.2) is 57.5 Å². The van der Waals surface area contributed by atoms with E-state index < -0.39 is 0 Å². The predicted octanol–water partition coefficient (Wildman–Crippen LogP) is 1.32. The number of aromatic nitrogens is 2. The maximum absolute atomic E-state index is 14.0. The Morgan fingerprint density at radius 2 is 1.90 bits per heavy atom. The number of carbonyl (C=O) groups is 1. The molecule has 1 amide bonds. The molecule has 2 bridgehead atoms. The van der Waals surface area contributed by atoms with E-state index in [1.165, 1.54) is 6.20 Å². The molecular weight excluding hydrogens is 397 g/mol. The summed E-state index contributed by atoms with van der Waals surface area (Å²) in [5.41, 5.74) is 2.57. The van der Waals surface area contributed by atoms with Crippen molar-refractivity contribution in [3.63, 3.8) is 0 Å². The highest BCUT2D eigenvalue weighted by Gasteiger charge is 2.35. The first-order valence-corrected chi connectivity index (χ1v) is 11.0. The Morgan fingerprint density at radius 1 is 1.06 bits per heavy atom. The van der Waals surface area contributed by atoms with Crippen LogP contribution in [0.15, 0.2) is 35.4 Å². The number of carbonyl (C=O) groups excluding carboxylic acids is 1. The van der Waals surface area contributed by atoms with Gasteiger partial charge >= 0.3 is 0 Å². The quantitative estimate of drug-likeness (QED) is 0.800. The zero-order valence-corrected chi connectivity index (χ0v) is 17.8. The molecule has 2 aromatic rings. The highest BCUT2D eigenvalue weighted by atomic mass is 19.1. The SMILES string of the molecule is C[C@H]1CN(Cc2ccc3n(c2=O)C[C@H]2C[C@@H]3CN(Cc3ccncc3F)C2)CC(=O)N1. The highest BCUT2D eigenvalue weighted by molar-refractivity contribution is 5.79. The number of nitrogens with one attached hydrogen (secondary N) is 1. The lowest BCUT2D eigenvalue weighted by Gasteiger charge is -2.43. The number of rotatable bonds is 4. The van der Waals surface area contributed by atoms with Gasteiger partial charge in [-0.15, -0.1) is 0 Å². The lowest BCUT2D eigenvalue weighted by atomic mass is 9.82. The van der Waals surface area contributed by atoms with Crippen LogP contribution in [0.4, 0.5) is 4.39 Å². The third kappa shape index (κ3) is 4.14. The normalized spacial score (nSPS) is 26.4. The van der Waals surface area contributed by atoms with Crippen molar-refractivity contribution in [2.24, 2.45) is 5.92 Å². The van der Waals surface area contributed by atoms with Gasteiger partial charge in [0.2, 0.25) is 5.91 Å². The van der Waals surface area contributed by atoms with Crippen LogP contribution in [0, 0.1) is 11.7 Å². The first kappa shape index (κ1) is 20.3. The number of likely N-dealkylation sites (tertiary alicyclic amines) is 1. The number of halogens is 1. The Labute approximate surface area is 180 Å². The van der Waals surface area contributed by atoms with Gasteiger partial charge in [0.25, 0.3) is 5.56 Å². The summed E-state index contributed by atoms with van der Waals surface area (Å²) in [6, 6.07) is 5.86. The molecule has 31 heavy (non-hydrogen) atoms. The molecule has 0 saturated carbocycles. The maximum atomic E-state index is 14.0. The smallest absolute Gasteiger partial charge is 0.255 e. The van der Waals surface area contributed by atoms with Crippen LogP contribution >= 0.6 is 0 Å². The Kier molecular flexibility index (Phi) is 5.35. The van der Waals surface area contributed by atoms with Gasteiger partial charge in [0.05, 0.1) is 12.7 Å². The molecular formula is C23H28FN5O2. The van der Waals surface area contributed by atoms with E-state index in [2.05, 4.69) is 21.3 Å². The predicted molar refractivity (Wildman–Crippen MR) is 114 cm³/mol. The molecule has 2 aromatic heterocycles. The van der Waals surface area contributed by atoms with Crippen LogP contribution in [0.2, 0.25) is 0 Å². The van der Waals surface area contributed by atoms with Crippen LogP contribution in [0.1, 0.15) is 36.1 Å². The van der Waals surface area contributed by atoms with Crippen molar-refractivity contribution in [1.82, 2.24) is 24.7 Å². The Hall–Kier alpha value is -2.58. The Bertz CT molecular complexity index is 1050. The molecule has 164 valence electrons. The minimum Gasteiger partial charge on any atom is -0.351 e. The molecule has 0 radical (unpaired) electrons. The van der Waals surface area contributed by atoms with Crippen molar-refractivity contribution < 1.29 is 9.18 Å². The summed E-state index contributed by atoms with van der Waals surface area (Å²) >= 11 is 0. The molecule has 5 heterocycles. The molecule has 3 aliphatic rings. The first-order valence-electron chi connectivity index (χ1n) is 11.0. The molecule has 1 N–H and O–H groups in total. The van der Waals surface area contributed by atoms with Gasteiger partial charge in [-0.05, 0) is 31.4 Å². The van der Waals surface area contributed by atoms with E-state index in [1.54, 1.807) is 12.3 Å². The molecule has 2 fully saturated rings. The maximum Gasteiger partial charge on any atom is 0.255 e. The van der Waals surface area contributed by atoms with Gasteiger partial charge in [0.15, 0.2) is 0 Å². The minimum atomic E-state index is -0.264. The Balaban J connectivity index is 1.34. The van der Waals surface area contributed by atoms with Gasteiger partial charge in [0, 0.05) is 74.2 Å². The third-order valence-corrected chi connectivity index (χ3v) is 6.71. The molecule has 8 heteroatoms. The van der Waals surface area contributed by atoms with E-state index in [4.69, 9.17) is 0 Å². The second-order valence-electron chi connectivity index (χ2n) is 9.30. The number of piperidine rings is 1. The van der Waals surface area contributed by atoms with E-state index in [0.717, 1.165) is 37.3 Å². The average Bonchev–Trinajstić information content (AvgIpc) is 2.71. The van der Waals surface area contributed by atoms with Gasteiger partial charge in [-0.3, -0.25) is 24.4 Å². The summed E-state index contributed by atoms with van der Waals surface area (Å²) in [6.45, 7) is 6.51. The van der Waals surface area contributed by atoms with Crippen LogP contribution < -0.4 is 10.9 Å². The van der Waals surface area contributed by atoms with Crippen molar-refractivity contribution in [2.75, 3.05) is 26.2 Å². The number of hydrogen-bond acceptors (Lipinski definition) is 5. The summed E-state index contributed by atoms with van der Waals surface area (Å²) in [5, 5.41) is 2.92. The summed E-state index contributed by atoms with van der Waals surface area (Å²) in [4.78, 5) is 33.3. The number of amides is 1. The fourth-order valence-electron chi connectivity index (χ4n) is 5.50. The summed E-state index contributed by atoms with van der Waals surface area (Å²) < 4.78 is 16.0. The molecule has 0 aromatic carbocycles. The topological polar surface area (TPSA) is 70.5 Å². The summed E-state index contributed by atoms with van der Waals surface area (Å²) in [7, 11) is 0. The number of piperazine rings is 1. The summed E-state index contributed by atoms with van der Waals surface area (Å²) in [5.74, 6) is 0.405. The fourth-order valence-corrected chi connectivity index (χ4v) is 5.50. The van der Waals surface area contributed by atoms with Crippen molar-refractivity contribution in [3.05, 3.63) is 63.6 Å². The van der Waals surface area contributed by atoms with Crippen molar-refractivity contribution in [1.29, 1.82) is 0 Å². The highest BCUT2D eigenvalue weighted by Crippen LogP contribution is 2.35. The van der Waals surface area contributed by atoms with Crippen LogP contribution in [0.3, 0.4) is 0 Å². The van der Waals surface area contributed by atoms with Crippen LogP contribution in [0.25, 0.3) is 0 Å². The first-order chi connectivity index (χ1) is 15.0. The van der Waals surface area contributed by atoms with Gasteiger partial charge in [-0.25, -0.2) is 4.39 Å². The Morgan fingerprint density at radius 3 is 2.71 bits per heavy atom. The number of fused-ring (bicyclic) bond motifs is 4. The molecule has 0 spiro atoms. The van der Waals surface area contributed by atoms with Gasteiger partial charge in [-0.2, -0.15) is 0 Å². The minimum absolute atomic E-state index is 0.0112. The van der Waals surface area contributed by atoms with E-state index in [0.29, 0.717) is 37.7 Å². The molecule has 2 saturated heterocycles. The van der Waals surface area contributed by atoms with Crippen molar-refractivity contribution in [3.8, 4) is 0 Å². The van der Waals surface area contributed by atoms with Crippen LogP contribution in [-0.2, 0) is 24.4 Å². The second kappa shape index (κ2) is 8.16. The monoisotopic (exact) mass is 425 g/mol. The molecule has 0 aliphatic carbocycles. The van der Waals surface area contributed by atoms with E-state index >= 15 is 0 Å². The van der Waals surface area contributed by atoms with Crippen LogP contribution in [0.5, 0.6) is 0 Å². The molecule has 5 rings (SSSR count). The number of pyridine rings is 2. The lowest BCUT2D eigenvalue weighted by Crippen LogP contribution is -2.53. The molecule has 3 atom stereocenters. The van der Waals surface area contributed by atoms with Gasteiger partial charge < -0.3 is 9.88 Å². The van der Waals surface area contributed by atoms with E-state index in [9.17, 15) is 14.0 Å². The molecule has 7 nitrogen and oxygen atoms in total. The largest absolute Gasteiger partial charge is 0.351 e. The fraction of sp³-hybridized carbons (Fsp3) is 0.522. The number of hydrogen-bond donors (Lipinski definition) is 1. The van der Waals surface area contributed by atoms with Crippen molar-refractivity contribution in [2.45, 2.75) is 44.9 Å². The van der Waals surface area contributed by atoms with Gasteiger partial charge in [-0.1, -0.05) is 6.07 Å². The van der Waals surface area contributed by atoms with Gasteiger partial charge in [0.1, 0.15) is 5.82 Å². The zero-order chi connectivity index (χ0) is 21.5. The zero-order valence-electron chi connectivity index (χ0n) is 17.8. The van der Waals surface area contributed by atoms with E-state index in [1.807, 2.05) is 22.5 Å². The van der Waals surface area contributed by atoms with Crippen molar-refractivity contribution >= 4 is 5.91 Å². The average molecular weight is 426 g/mol. The lowest BCUT2D eigenvalue weighted by molar-refractivity contribution is -0.125. The molecule has 0 unspecified atom stereocenters. The number of nitrogens with zero attached hydrogens (tertiary/aromatic N) is 4. The summed E-state index contributed by atoms with van der Waals surface area (Å²) in [6.07, 6.45) is 3.97. The standard InChI is InChI=1S/C23H28FN5O2/c1-15-8-27(14-22(30)26-15)12-18-2-3-21-19-6-16(10-29(21)23(18)31)9-28(13-19)11-17-4-5-25-7-20(17)24/h2-5,7,15-16,19H,6,8-14H2,1H3,(H,26,30)/t15-,16-,19+/m0/s1. The second-order valence-corrected chi connectivity index (χ2v) is 9.30. The van der Waals surface area contributed by atoms with E-state index in [-0.39, 0.29) is 29.2 Å². The third-order valence-electron chi connectivity index (χ3n) is 6.71. The molecule has 3 aliphatic heterocycles.